The first-order chi connectivity index (χ1) is 9.89. The van der Waals surface area contributed by atoms with Gasteiger partial charge in [-0.1, -0.05) is 17.7 Å². The van der Waals surface area contributed by atoms with Crippen molar-refractivity contribution in [3.8, 4) is 0 Å². The molecule has 21 heavy (non-hydrogen) atoms. The van der Waals surface area contributed by atoms with Crippen LogP contribution >= 0.6 is 11.6 Å². The van der Waals surface area contributed by atoms with Crippen molar-refractivity contribution in [3.63, 3.8) is 0 Å². The van der Waals surface area contributed by atoms with E-state index in [9.17, 15) is 13.5 Å². The molecule has 0 radical (unpaired) electrons. The van der Waals surface area contributed by atoms with Crippen LogP contribution in [0.4, 0.5) is 0 Å². The highest BCUT2D eigenvalue weighted by Crippen LogP contribution is 2.19. The quantitative estimate of drug-likeness (QED) is 0.749. The Bertz CT molecular complexity index is 556. The maximum absolute atomic E-state index is 12.0. The van der Waals surface area contributed by atoms with Gasteiger partial charge in [-0.3, -0.25) is 0 Å². The molecule has 2 rings (SSSR count). The van der Waals surface area contributed by atoms with Crippen molar-refractivity contribution in [2.45, 2.75) is 24.9 Å². The van der Waals surface area contributed by atoms with Crippen molar-refractivity contribution in [1.29, 1.82) is 0 Å². The van der Waals surface area contributed by atoms with Crippen molar-refractivity contribution in [2.24, 2.45) is 0 Å². The Kier molecular flexibility index (Phi) is 5.56. The predicted octanol–water partition coefficient (Wildman–Crippen LogP) is 0.738. The van der Waals surface area contributed by atoms with Crippen LogP contribution in [0.1, 0.15) is 18.4 Å². The van der Waals surface area contributed by atoms with Gasteiger partial charge >= 0.3 is 0 Å². The molecule has 0 aliphatic carbocycles. The van der Waals surface area contributed by atoms with E-state index in [2.05, 4.69) is 9.71 Å². The highest BCUT2D eigenvalue weighted by Gasteiger charge is 2.31. The largest absolute Gasteiger partial charge is 0.388 e. The second-order valence-electron chi connectivity index (χ2n) is 5.22. The number of aromatic nitrogens is 1. The summed E-state index contributed by atoms with van der Waals surface area (Å²) in [6.45, 7) is 0.931. The van der Waals surface area contributed by atoms with Crippen molar-refractivity contribution >= 4 is 21.6 Å². The molecule has 1 fully saturated rings. The summed E-state index contributed by atoms with van der Waals surface area (Å²) in [5, 5.41) is 10.6. The lowest BCUT2D eigenvalue weighted by atomic mass is 9.95. The van der Waals surface area contributed by atoms with Crippen LogP contribution in [0.5, 0.6) is 0 Å². The smallest absolute Gasteiger partial charge is 0.212 e. The predicted molar refractivity (Wildman–Crippen MR) is 79.7 cm³/mol. The zero-order chi connectivity index (χ0) is 15.3. The molecule has 0 unspecified atom stereocenters. The first kappa shape index (κ1) is 16.6. The summed E-state index contributed by atoms with van der Waals surface area (Å²) in [4.78, 5) is 3.91. The summed E-state index contributed by atoms with van der Waals surface area (Å²) >= 11 is 5.67. The molecule has 1 aliphatic rings. The molecule has 0 bridgehead atoms. The lowest BCUT2D eigenvalue weighted by molar-refractivity contribution is -0.0588. The molecule has 6 nitrogen and oxygen atoms in total. The van der Waals surface area contributed by atoms with Crippen LogP contribution < -0.4 is 4.72 Å². The highest BCUT2D eigenvalue weighted by atomic mass is 35.5. The third kappa shape index (κ3) is 5.52. The fraction of sp³-hybridized carbons (Fsp3) is 0.615. The molecule has 118 valence electrons. The minimum Gasteiger partial charge on any atom is -0.388 e. The Morgan fingerprint density at radius 1 is 1.38 bits per heavy atom. The minimum absolute atomic E-state index is 0.0254. The van der Waals surface area contributed by atoms with E-state index in [4.69, 9.17) is 16.3 Å². The van der Waals surface area contributed by atoms with Crippen LogP contribution in [-0.4, -0.2) is 49.6 Å². The second-order valence-corrected chi connectivity index (χ2v) is 7.53. The number of hydrogen-bond acceptors (Lipinski definition) is 5. The van der Waals surface area contributed by atoms with Gasteiger partial charge in [0.1, 0.15) is 5.15 Å². The van der Waals surface area contributed by atoms with E-state index in [1.165, 1.54) is 0 Å². The van der Waals surface area contributed by atoms with Crippen molar-refractivity contribution < 1.29 is 18.3 Å². The Balaban J connectivity index is 1.82. The standard InChI is InChI=1S/C13H19ClN2O4S/c14-12-2-1-11(9-15-12)3-8-21(18,19)16-10-13(17)4-6-20-7-5-13/h1-2,9,16-17H,3-8,10H2. The maximum atomic E-state index is 12.0. The number of aryl methyl sites for hydroxylation is 1. The topological polar surface area (TPSA) is 88.5 Å². The molecule has 1 aliphatic heterocycles. The van der Waals surface area contributed by atoms with Crippen molar-refractivity contribution in [2.75, 3.05) is 25.5 Å². The number of aliphatic hydroxyl groups is 1. The molecule has 1 aromatic rings. The van der Waals surface area contributed by atoms with Crippen LogP contribution in [-0.2, 0) is 21.2 Å². The molecule has 0 spiro atoms. The van der Waals surface area contributed by atoms with Gasteiger partial charge in [-0.25, -0.2) is 18.1 Å². The fourth-order valence-corrected chi connectivity index (χ4v) is 3.30. The Labute approximate surface area is 129 Å². The molecule has 8 heteroatoms. The van der Waals surface area contributed by atoms with Crippen LogP contribution in [0.2, 0.25) is 5.15 Å². The van der Waals surface area contributed by atoms with Gasteiger partial charge in [0.2, 0.25) is 10.0 Å². The zero-order valence-corrected chi connectivity index (χ0v) is 13.2. The number of nitrogens with one attached hydrogen (secondary N) is 1. The molecular formula is C13H19ClN2O4S. The number of ether oxygens (including phenoxy) is 1. The van der Waals surface area contributed by atoms with Gasteiger partial charge in [0, 0.05) is 38.8 Å². The molecule has 0 amide bonds. The third-order valence-corrected chi connectivity index (χ3v) is 5.04. The van der Waals surface area contributed by atoms with Crippen LogP contribution in [0.15, 0.2) is 18.3 Å². The van der Waals surface area contributed by atoms with Gasteiger partial charge in [0.15, 0.2) is 0 Å². The van der Waals surface area contributed by atoms with Crippen LogP contribution in [0, 0.1) is 0 Å². The van der Waals surface area contributed by atoms with Crippen molar-refractivity contribution in [3.05, 3.63) is 29.0 Å². The van der Waals surface area contributed by atoms with E-state index in [0.29, 0.717) is 37.6 Å². The lowest BCUT2D eigenvalue weighted by Crippen LogP contribution is -2.47. The van der Waals surface area contributed by atoms with Gasteiger partial charge in [-0.15, -0.1) is 0 Å². The summed E-state index contributed by atoms with van der Waals surface area (Å²) < 4.78 is 31.5. The van der Waals surface area contributed by atoms with E-state index in [1.54, 1.807) is 18.3 Å². The Morgan fingerprint density at radius 2 is 2.10 bits per heavy atom. The average Bonchev–Trinajstić information content (AvgIpc) is 2.46. The zero-order valence-electron chi connectivity index (χ0n) is 11.6. The second kappa shape index (κ2) is 7.02. The normalized spacial score (nSPS) is 18.6. The average molecular weight is 335 g/mol. The van der Waals surface area contributed by atoms with Gasteiger partial charge in [0.25, 0.3) is 0 Å². The molecule has 0 aromatic carbocycles. The monoisotopic (exact) mass is 334 g/mol. The summed E-state index contributed by atoms with van der Waals surface area (Å²) in [6, 6.07) is 3.37. The van der Waals surface area contributed by atoms with Gasteiger partial charge in [0.05, 0.1) is 11.4 Å². The van der Waals surface area contributed by atoms with Crippen LogP contribution in [0.25, 0.3) is 0 Å². The first-order valence-corrected chi connectivity index (χ1v) is 8.80. The van der Waals surface area contributed by atoms with Crippen LogP contribution in [0.3, 0.4) is 0 Å². The summed E-state index contributed by atoms with van der Waals surface area (Å²) in [6.07, 6.45) is 2.79. The van der Waals surface area contributed by atoms with E-state index in [1.807, 2.05) is 0 Å². The summed E-state index contributed by atoms with van der Waals surface area (Å²) in [5.41, 5.74) is -0.206. The Morgan fingerprint density at radius 3 is 2.71 bits per heavy atom. The molecule has 0 atom stereocenters. The number of hydrogen-bond donors (Lipinski definition) is 2. The summed E-state index contributed by atoms with van der Waals surface area (Å²) in [7, 11) is -3.44. The molecule has 2 N–H and O–H groups in total. The highest BCUT2D eigenvalue weighted by molar-refractivity contribution is 7.89. The number of rotatable bonds is 6. The molecule has 1 saturated heterocycles. The van der Waals surface area contributed by atoms with E-state index in [0.717, 1.165) is 5.56 Å². The Hall–Kier alpha value is -0.730. The number of sulfonamides is 1. The first-order valence-electron chi connectivity index (χ1n) is 6.77. The molecule has 0 saturated carbocycles. The van der Waals surface area contributed by atoms with E-state index < -0.39 is 15.6 Å². The van der Waals surface area contributed by atoms with Gasteiger partial charge < -0.3 is 9.84 Å². The SMILES string of the molecule is O=S(=O)(CCc1ccc(Cl)nc1)NCC1(O)CCOCC1. The maximum Gasteiger partial charge on any atom is 0.212 e. The van der Waals surface area contributed by atoms with Gasteiger partial charge in [-0.2, -0.15) is 0 Å². The van der Waals surface area contributed by atoms with Crippen molar-refractivity contribution in [1.82, 2.24) is 9.71 Å². The van der Waals surface area contributed by atoms with Gasteiger partial charge in [-0.05, 0) is 18.1 Å². The number of nitrogens with zero attached hydrogens (tertiary/aromatic N) is 1. The van der Waals surface area contributed by atoms with E-state index in [-0.39, 0.29) is 12.3 Å². The fourth-order valence-electron chi connectivity index (χ4n) is 2.05. The molecule has 2 heterocycles. The molecular weight excluding hydrogens is 316 g/mol. The minimum atomic E-state index is -3.44. The third-order valence-electron chi connectivity index (χ3n) is 3.49. The lowest BCUT2D eigenvalue weighted by Gasteiger charge is -2.31. The number of halogens is 1. The summed E-state index contributed by atoms with van der Waals surface area (Å²) in [5.74, 6) is -0.0527. The van der Waals surface area contributed by atoms with E-state index >= 15 is 0 Å². The number of pyridine rings is 1. The molecule has 1 aromatic heterocycles.